The molecule has 0 bridgehead atoms. The molecule has 0 aliphatic carbocycles. The second-order valence-electron chi connectivity index (χ2n) is 4.83. The standard InChI is InChI=1S/C14H18N2O2/c1-10(2)11-3-5-12(6-4-11)15-9-16-13(17)7-8-14(16)18/h3-6,10,15H,7-9H2,1-2H3. The second kappa shape index (κ2) is 5.21. The van der Waals surface area contributed by atoms with Crippen molar-refractivity contribution in [3.8, 4) is 0 Å². The summed E-state index contributed by atoms with van der Waals surface area (Å²) in [5.41, 5.74) is 2.20. The van der Waals surface area contributed by atoms with Crippen LogP contribution in [-0.2, 0) is 9.59 Å². The number of hydrogen-bond acceptors (Lipinski definition) is 3. The Kier molecular flexibility index (Phi) is 3.65. The van der Waals surface area contributed by atoms with Crippen LogP contribution in [0.25, 0.3) is 0 Å². The maximum atomic E-state index is 11.4. The zero-order valence-corrected chi connectivity index (χ0v) is 10.8. The summed E-state index contributed by atoms with van der Waals surface area (Å²) in [4.78, 5) is 24.1. The fourth-order valence-corrected chi connectivity index (χ4v) is 1.96. The van der Waals surface area contributed by atoms with E-state index < -0.39 is 0 Å². The van der Waals surface area contributed by atoms with Gasteiger partial charge in [-0.15, -0.1) is 0 Å². The first-order chi connectivity index (χ1) is 8.58. The largest absolute Gasteiger partial charge is 0.367 e. The molecule has 4 heteroatoms. The highest BCUT2D eigenvalue weighted by atomic mass is 16.2. The molecule has 4 nitrogen and oxygen atoms in total. The van der Waals surface area contributed by atoms with Crippen molar-refractivity contribution < 1.29 is 9.59 Å². The van der Waals surface area contributed by atoms with Crippen LogP contribution in [0.4, 0.5) is 5.69 Å². The van der Waals surface area contributed by atoms with E-state index in [9.17, 15) is 9.59 Å². The topological polar surface area (TPSA) is 49.4 Å². The molecule has 1 aliphatic heterocycles. The van der Waals surface area contributed by atoms with Crippen molar-refractivity contribution in [1.29, 1.82) is 0 Å². The Labute approximate surface area is 107 Å². The van der Waals surface area contributed by atoms with Crippen molar-refractivity contribution in [3.05, 3.63) is 29.8 Å². The van der Waals surface area contributed by atoms with Gasteiger partial charge >= 0.3 is 0 Å². The number of likely N-dealkylation sites (tertiary alicyclic amines) is 1. The maximum Gasteiger partial charge on any atom is 0.231 e. The van der Waals surface area contributed by atoms with E-state index in [0.717, 1.165) is 5.69 Å². The Morgan fingerprint density at radius 2 is 1.67 bits per heavy atom. The lowest BCUT2D eigenvalue weighted by Crippen LogP contribution is -2.33. The van der Waals surface area contributed by atoms with E-state index in [2.05, 4.69) is 31.3 Å². The molecule has 1 saturated heterocycles. The number of hydrogen-bond donors (Lipinski definition) is 1. The summed E-state index contributed by atoms with van der Waals surface area (Å²) in [6, 6.07) is 8.06. The predicted octanol–water partition coefficient (Wildman–Crippen LogP) is 2.33. The predicted molar refractivity (Wildman–Crippen MR) is 70.1 cm³/mol. The van der Waals surface area contributed by atoms with Gasteiger partial charge in [-0.05, 0) is 23.6 Å². The van der Waals surface area contributed by atoms with Gasteiger partial charge in [0.15, 0.2) is 0 Å². The molecule has 0 saturated carbocycles. The van der Waals surface area contributed by atoms with Gasteiger partial charge in [0, 0.05) is 18.5 Å². The van der Waals surface area contributed by atoms with E-state index >= 15 is 0 Å². The Balaban J connectivity index is 1.94. The molecule has 1 aliphatic rings. The zero-order chi connectivity index (χ0) is 13.1. The number of anilines is 1. The second-order valence-corrected chi connectivity index (χ2v) is 4.83. The molecule has 1 aromatic carbocycles. The van der Waals surface area contributed by atoms with Crippen molar-refractivity contribution >= 4 is 17.5 Å². The molecule has 96 valence electrons. The molecule has 0 radical (unpaired) electrons. The van der Waals surface area contributed by atoms with Crippen LogP contribution in [-0.4, -0.2) is 23.4 Å². The van der Waals surface area contributed by atoms with Crippen LogP contribution in [0.3, 0.4) is 0 Å². The summed E-state index contributed by atoms with van der Waals surface area (Å²) >= 11 is 0. The van der Waals surface area contributed by atoms with Crippen molar-refractivity contribution in [1.82, 2.24) is 4.90 Å². The molecule has 0 atom stereocenters. The van der Waals surface area contributed by atoms with Crippen LogP contribution < -0.4 is 5.32 Å². The first-order valence-corrected chi connectivity index (χ1v) is 6.25. The number of amides is 2. The summed E-state index contributed by atoms with van der Waals surface area (Å²) in [6.45, 7) is 4.55. The molecule has 0 unspecified atom stereocenters. The SMILES string of the molecule is CC(C)c1ccc(NCN2C(=O)CCC2=O)cc1. The zero-order valence-electron chi connectivity index (χ0n) is 10.8. The maximum absolute atomic E-state index is 11.4. The lowest BCUT2D eigenvalue weighted by Gasteiger charge is -2.16. The molecular weight excluding hydrogens is 228 g/mol. The summed E-state index contributed by atoms with van der Waals surface area (Å²) in [6.07, 6.45) is 0.680. The molecule has 1 aromatic rings. The number of benzene rings is 1. The highest BCUT2D eigenvalue weighted by Crippen LogP contribution is 2.18. The number of rotatable bonds is 4. The lowest BCUT2D eigenvalue weighted by atomic mass is 10.0. The lowest BCUT2D eigenvalue weighted by molar-refractivity contribution is -0.137. The first kappa shape index (κ1) is 12.6. The van der Waals surface area contributed by atoms with E-state index in [1.807, 2.05) is 12.1 Å². The highest BCUT2D eigenvalue weighted by Gasteiger charge is 2.28. The van der Waals surface area contributed by atoms with Crippen LogP contribution in [0.1, 0.15) is 38.2 Å². The van der Waals surface area contributed by atoms with Crippen LogP contribution in [0.2, 0.25) is 0 Å². The van der Waals surface area contributed by atoms with Crippen molar-refractivity contribution in [2.45, 2.75) is 32.6 Å². The average Bonchev–Trinajstić information content (AvgIpc) is 2.67. The summed E-state index contributed by atoms with van der Waals surface area (Å²) in [5.74, 6) is 0.318. The summed E-state index contributed by atoms with van der Waals surface area (Å²) in [7, 11) is 0. The molecule has 0 aromatic heterocycles. The Hall–Kier alpha value is -1.84. The van der Waals surface area contributed by atoms with E-state index in [0.29, 0.717) is 18.8 Å². The number of imide groups is 1. The number of carbonyl (C=O) groups is 2. The Morgan fingerprint density at radius 1 is 1.11 bits per heavy atom. The van der Waals surface area contributed by atoms with Gasteiger partial charge in [0.2, 0.25) is 11.8 Å². The molecule has 2 amide bonds. The van der Waals surface area contributed by atoms with Gasteiger partial charge < -0.3 is 5.32 Å². The minimum atomic E-state index is -0.0914. The number of nitrogens with one attached hydrogen (secondary N) is 1. The molecule has 2 rings (SSSR count). The molecule has 0 spiro atoms. The van der Waals surface area contributed by atoms with Crippen LogP contribution in [0.15, 0.2) is 24.3 Å². The van der Waals surface area contributed by atoms with Gasteiger partial charge in [0.1, 0.15) is 0 Å². The summed E-state index contributed by atoms with van der Waals surface area (Å²) < 4.78 is 0. The first-order valence-electron chi connectivity index (χ1n) is 6.25. The minimum absolute atomic E-state index is 0.0914. The van der Waals surface area contributed by atoms with Gasteiger partial charge in [0.25, 0.3) is 0 Å². The van der Waals surface area contributed by atoms with Gasteiger partial charge in [-0.2, -0.15) is 0 Å². The van der Waals surface area contributed by atoms with Gasteiger partial charge in [-0.3, -0.25) is 14.5 Å². The molecule has 1 fully saturated rings. The molecule has 18 heavy (non-hydrogen) atoms. The monoisotopic (exact) mass is 246 g/mol. The Morgan fingerprint density at radius 3 is 2.17 bits per heavy atom. The van der Waals surface area contributed by atoms with Crippen LogP contribution >= 0.6 is 0 Å². The average molecular weight is 246 g/mol. The van der Waals surface area contributed by atoms with Gasteiger partial charge in [0.05, 0.1) is 6.67 Å². The van der Waals surface area contributed by atoms with Crippen molar-refractivity contribution in [2.24, 2.45) is 0 Å². The highest BCUT2D eigenvalue weighted by molar-refractivity contribution is 6.02. The van der Waals surface area contributed by atoms with E-state index in [-0.39, 0.29) is 18.5 Å². The molecular formula is C14H18N2O2. The van der Waals surface area contributed by atoms with Gasteiger partial charge in [-0.25, -0.2) is 0 Å². The number of carbonyl (C=O) groups excluding carboxylic acids is 2. The smallest absolute Gasteiger partial charge is 0.231 e. The number of nitrogens with zero attached hydrogens (tertiary/aromatic N) is 1. The summed E-state index contributed by atoms with van der Waals surface area (Å²) in [5, 5.41) is 3.10. The minimum Gasteiger partial charge on any atom is -0.367 e. The van der Waals surface area contributed by atoms with Crippen molar-refractivity contribution in [2.75, 3.05) is 12.0 Å². The third-order valence-electron chi connectivity index (χ3n) is 3.17. The molecule has 1 heterocycles. The quantitative estimate of drug-likeness (QED) is 0.829. The van der Waals surface area contributed by atoms with Crippen LogP contribution in [0.5, 0.6) is 0 Å². The molecule has 1 N–H and O–H groups in total. The van der Waals surface area contributed by atoms with E-state index in [4.69, 9.17) is 0 Å². The van der Waals surface area contributed by atoms with Gasteiger partial charge in [-0.1, -0.05) is 26.0 Å². The van der Waals surface area contributed by atoms with Crippen LogP contribution in [0, 0.1) is 0 Å². The fraction of sp³-hybridized carbons (Fsp3) is 0.429. The third kappa shape index (κ3) is 2.70. The van der Waals surface area contributed by atoms with E-state index in [1.165, 1.54) is 10.5 Å². The third-order valence-corrected chi connectivity index (χ3v) is 3.17. The Bertz CT molecular complexity index is 435. The fourth-order valence-electron chi connectivity index (χ4n) is 1.96. The van der Waals surface area contributed by atoms with Crippen molar-refractivity contribution in [3.63, 3.8) is 0 Å². The normalized spacial score (nSPS) is 15.6. The van der Waals surface area contributed by atoms with E-state index in [1.54, 1.807) is 0 Å².